The molecular weight excluding hydrogens is 612 g/mol. The fourth-order valence-electron chi connectivity index (χ4n) is 5.86. The zero-order valence-electron chi connectivity index (χ0n) is 32.5. The molecule has 0 unspecified atom stereocenters. The standard InChI is InChI=1S/C43H78O6/c1-4-7-10-13-16-19-20-21-22-25-28-31-34-37-43(46)49-40(38-47-41(44)35-32-29-26-23-17-14-11-8-5-2)39-48-42(45)36-33-30-27-24-18-15-12-9-6-3/h8-9,11-12,40H,4-7,10,13-39H2,1-3H3. The van der Waals surface area contributed by atoms with Gasteiger partial charge in [-0.25, -0.2) is 0 Å². The molecule has 0 aliphatic rings. The number of hydrogen-bond acceptors (Lipinski definition) is 6. The number of rotatable bonds is 37. The quantitative estimate of drug-likeness (QED) is 0.0279. The van der Waals surface area contributed by atoms with E-state index in [1.807, 2.05) is 0 Å². The fourth-order valence-corrected chi connectivity index (χ4v) is 5.86. The average molecular weight is 691 g/mol. The fraction of sp³-hybridized carbons (Fsp3) is 0.837. The van der Waals surface area contributed by atoms with Crippen molar-refractivity contribution in [1.82, 2.24) is 0 Å². The van der Waals surface area contributed by atoms with Gasteiger partial charge in [0.15, 0.2) is 6.10 Å². The summed E-state index contributed by atoms with van der Waals surface area (Å²) in [7, 11) is 0. The van der Waals surface area contributed by atoms with Crippen molar-refractivity contribution in [3.8, 4) is 0 Å². The van der Waals surface area contributed by atoms with E-state index in [0.717, 1.165) is 83.5 Å². The van der Waals surface area contributed by atoms with Crippen LogP contribution in [0.1, 0.15) is 213 Å². The van der Waals surface area contributed by atoms with Crippen LogP contribution < -0.4 is 0 Å². The monoisotopic (exact) mass is 691 g/mol. The Labute approximate surface area is 303 Å². The molecule has 0 heterocycles. The van der Waals surface area contributed by atoms with E-state index in [1.165, 1.54) is 89.9 Å². The molecule has 0 saturated heterocycles. The lowest BCUT2D eigenvalue weighted by Gasteiger charge is -2.18. The summed E-state index contributed by atoms with van der Waals surface area (Å²) in [5.74, 6) is -0.900. The predicted molar refractivity (Wildman–Crippen MR) is 206 cm³/mol. The van der Waals surface area contributed by atoms with E-state index in [2.05, 4.69) is 45.1 Å². The van der Waals surface area contributed by atoms with Crippen LogP contribution >= 0.6 is 0 Å². The van der Waals surface area contributed by atoms with Crippen LogP contribution in [0, 0.1) is 0 Å². The third-order valence-corrected chi connectivity index (χ3v) is 8.95. The van der Waals surface area contributed by atoms with Crippen molar-refractivity contribution >= 4 is 17.9 Å². The van der Waals surface area contributed by atoms with Gasteiger partial charge in [-0.05, 0) is 57.8 Å². The number of ether oxygens (including phenoxy) is 3. The van der Waals surface area contributed by atoms with Crippen molar-refractivity contribution in [3.63, 3.8) is 0 Å². The Morgan fingerprint density at radius 2 is 0.735 bits per heavy atom. The maximum absolute atomic E-state index is 12.6. The molecule has 49 heavy (non-hydrogen) atoms. The van der Waals surface area contributed by atoms with Gasteiger partial charge in [0.1, 0.15) is 13.2 Å². The van der Waals surface area contributed by atoms with Gasteiger partial charge in [0.25, 0.3) is 0 Å². The summed E-state index contributed by atoms with van der Waals surface area (Å²) in [5, 5.41) is 0. The van der Waals surface area contributed by atoms with E-state index in [-0.39, 0.29) is 31.1 Å². The van der Waals surface area contributed by atoms with Gasteiger partial charge in [0.2, 0.25) is 0 Å². The van der Waals surface area contributed by atoms with Gasteiger partial charge in [-0.3, -0.25) is 14.4 Å². The molecule has 0 amide bonds. The Morgan fingerprint density at radius 3 is 1.10 bits per heavy atom. The van der Waals surface area contributed by atoms with Crippen LogP contribution in [0.25, 0.3) is 0 Å². The molecule has 0 radical (unpaired) electrons. The maximum Gasteiger partial charge on any atom is 0.306 e. The Bertz CT molecular complexity index is 760. The highest BCUT2D eigenvalue weighted by Gasteiger charge is 2.19. The highest BCUT2D eigenvalue weighted by molar-refractivity contribution is 5.71. The first kappa shape index (κ1) is 46.9. The molecular formula is C43H78O6. The highest BCUT2D eigenvalue weighted by Crippen LogP contribution is 2.14. The van der Waals surface area contributed by atoms with E-state index in [4.69, 9.17) is 14.2 Å². The summed E-state index contributed by atoms with van der Waals surface area (Å²) in [4.78, 5) is 37.5. The second-order valence-electron chi connectivity index (χ2n) is 13.8. The largest absolute Gasteiger partial charge is 0.462 e. The van der Waals surface area contributed by atoms with Crippen LogP contribution in [0.4, 0.5) is 0 Å². The molecule has 0 saturated carbocycles. The van der Waals surface area contributed by atoms with E-state index >= 15 is 0 Å². The second-order valence-corrected chi connectivity index (χ2v) is 13.8. The Morgan fingerprint density at radius 1 is 0.408 bits per heavy atom. The first-order valence-corrected chi connectivity index (χ1v) is 20.8. The van der Waals surface area contributed by atoms with E-state index in [9.17, 15) is 14.4 Å². The molecule has 0 bridgehead atoms. The minimum atomic E-state index is -0.769. The van der Waals surface area contributed by atoms with Crippen LogP contribution in [-0.4, -0.2) is 37.2 Å². The molecule has 0 aromatic carbocycles. The smallest absolute Gasteiger partial charge is 0.306 e. The summed E-state index contributed by atoms with van der Waals surface area (Å²) in [6, 6.07) is 0. The van der Waals surface area contributed by atoms with Crippen LogP contribution in [0.15, 0.2) is 24.3 Å². The molecule has 6 nitrogen and oxygen atoms in total. The Hall–Kier alpha value is -2.11. The summed E-state index contributed by atoms with van der Waals surface area (Å²) in [6.07, 6.45) is 40.3. The molecule has 0 fully saturated rings. The summed E-state index contributed by atoms with van der Waals surface area (Å²) < 4.78 is 16.6. The molecule has 0 aliphatic carbocycles. The average Bonchev–Trinajstić information content (AvgIpc) is 3.10. The summed E-state index contributed by atoms with van der Waals surface area (Å²) in [6.45, 7) is 6.40. The lowest BCUT2D eigenvalue weighted by Crippen LogP contribution is -2.30. The molecule has 286 valence electrons. The molecule has 0 aliphatic heterocycles. The first-order chi connectivity index (χ1) is 24.0. The predicted octanol–water partition coefficient (Wildman–Crippen LogP) is 12.9. The third kappa shape index (κ3) is 37.0. The number of allylic oxidation sites excluding steroid dienone is 4. The summed E-state index contributed by atoms with van der Waals surface area (Å²) >= 11 is 0. The summed E-state index contributed by atoms with van der Waals surface area (Å²) in [5.41, 5.74) is 0. The minimum Gasteiger partial charge on any atom is -0.462 e. The lowest BCUT2D eigenvalue weighted by molar-refractivity contribution is -0.167. The van der Waals surface area contributed by atoms with Crippen molar-refractivity contribution in [2.75, 3.05) is 13.2 Å². The van der Waals surface area contributed by atoms with Gasteiger partial charge in [0.05, 0.1) is 0 Å². The van der Waals surface area contributed by atoms with Gasteiger partial charge in [-0.15, -0.1) is 0 Å². The Balaban J connectivity index is 4.35. The van der Waals surface area contributed by atoms with E-state index in [1.54, 1.807) is 0 Å². The highest BCUT2D eigenvalue weighted by atomic mass is 16.6. The van der Waals surface area contributed by atoms with Crippen molar-refractivity contribution < 1.29 is 28.6 Å². The number of unbranched alkanes of at least 4 members (excludes halogenated alkanes) is 22. The molecule has 0 atom stereocenters. The Kier molecular flexibility index (Phi) is 37.0. The molecule has 0 rings (SSSR count). The van der Waals surface area contributed by atoms with Crippen LogP contribution in [0.3, 0.4) is 0 Å². The van der Waals surface area contributed by atoms with Crippen LogP contribution in [0.5, 0.6) is 0 Å². The molecule has 0 spiro atoms. The van der Waals surface area contributed by atoms with Gasteiger partial charge < -0.3 is 14.2 Å². The SMILES string of the molecule is CCC=CCCCCCCCC(=O)OCC(COC(=O)CCCCCCCC=CCC)OC(=O)CCCCCCCCCCCCCCC. The topological polar surface area (TPSA) is 78.9 Å². The minimum absolute atomic E-state index is 0.0767. The second kappa shape index (κ2) is 38.7. The maximum atomic E-state index is 12.6. The van der Waals surface area contributed by atoms with Gasteiger partial charge in [-0.1, -0.05) is 161 Å². The van der Waals surface area contributed by atoms with Crippen molar-refractivity contribution in [2.45, 2.75) is 219 Å². The lowest BCUT2D eigenvalue weighted by atomic mass is 10.0. The molecule has 0 aromatic rings. The zero-order chi connectivity index (χ0) is 35.9. The number of carbonyl (C=O) groups is 3. The van der Waals surface area contributed by atoms with E-state index in [0.29, 0.717) is 19.3 Å². The van der Waals surface area contributed by atoms with Crippen LogP contribution in [0.2, 0.25) is 0 Å². The molecule has 6 heteroatoms. The normalized spacial score (nSPS) is 12.1. The number of esters is 3. The van der Waals surface area contributed by atoms with Gasteiger partial charge in [0, 0.05) is 19.3 Å². The first-order valence-electron chi connectivity index (χ1n) is 20.8. The van der Waals surface area contributed by atoms with E-state index < -0.39 is 6.10 Å². The molecule has 0 aromatic heterocycles. The molecule has 0 N–H and O–H groups in total. The third-order valence-electron chi connectivity index (χ3n) is 8.95. The van der Waals surface area contributed by atoms with Crippen molar-refractivity contribution in [3.05, 3.63) is 24.3 Å². The number of hydrogen-bond donors (Lipinski definition) is 0. The van der Waals surface area contributed by atoms with Crippen molar-refractivity contribution in [2.24, 2.45) is 0 Å². The van der Waals surface area contributed by atoms with Crippen LogP contribution in [-0.2, 0) is 28.6 Å². The zero-order valence-corrected chi connectivity index (χ0v) is 32.5. The number of carbonyl (C=O) groups excluding carboxylic acids is 3. The van der Waals surface area contributed by atoms with Crippen molar-refractivity contribution in [1.29, 1.82) is 0 Å². The van der Waals surface area contributed by atoms with Gasteiger partial charge in [-0.2, -0.15) is 0 Å². The van der Waals surface area contributed by atoms with Gasteiger partial charge >= 0.3 is 17.9 Å².